The second-order valence-corrected chi connectivity index (χ2v) is 16.1. The topological polar surface area (TPSA) is 113 Å². The quantitative estimate of drug-likeness (QED) is 0.136. The first kappa shape index (κ1) is 36.7. The first-order valence-electron chi connectivity index (χ1n) is 17.3. The van der Waals surface area contributed by atoms with E-state index >= 15 is 0 Å². The van der Waals surface area contributed by atoms with Crippen LogP contribution in [0, 0.1) is 25.2 Å². The molecule has 1 aliphatic rings. The number of allylic oxidation sites excluding steroid dienone is 2. The summed E-state index contributed by atoms with van der Waals surface area (Å²) in [5.41, 5.74) is 10.3. The number of nitrogens with one attached hydrogen (secondary N) is 2. The predicted octanol–water partition coefficient (Wildman–Crippen LogP) is 8.78. The Kier molecular flexibility index (Phi) is 11.4. The highest BCUT2D eigenvalue weighted by atomic mass is 32.2. The van der Waals surface area contributed by atoms with Gasteiger partial charge >= 0.3 is 0 Å². The molecule has 5 rings (SSSR count). The van der Waals surface area contributed by atoms with Gasteiger partial charge in [-0.2, -0.15) is 8.42 Å². The van der Waals surface area contributed by atoms with Gasteiger partial charge in [-0.3, -0.25) is 14.1 Å². The van der Waals surface area contributed by atoms with Gasteiger partial charge in [0.25, 0.3) is 16.0 Å². The van der Waals surface area contributed by atoms with E-state index in [0.29, 0.717) is 23.6 Å². The Morgan fingerprint density at radius 3 is 2.12 bits per heavy atom. The molecular weight excluding hydrogens is 645 g/mol. The fraction of sp³-hybridized carbons (Fsp3) is 0.333. The molecule has 4 aromatic carbocycles. The average molecular weight is 693 g/mol. The van der Waals surface area contributed by atoms with Gasteiger partial charge < -0.3 is 10.6 Å². The first-order valence-corrected chi connectivity index (χ1v) is 18.9. The molecule has 0 fully saturated rings. The lowest BCUT2D eigenvalue weighted by molar-refractivity contribution is -0.117. The van der Waals surface area contributed by atoms with Gasteiger partial charge in [-0.1, -0.05) is 99.1 Å². The number of hydrogen-bond donors (Lipinski definition) is 3. The number of hydrogen-bond acceptors (Lipinski definition) is 4. The van der Waals surface area contributed by atoms with Crippen LogP contribution in [0.15, 0.2) is 97.1 Å². The average Bonchev–Trinajstić information content (AvgIpc) is 3.07. The van der Waals surface area contributed by atoms with Crippen LogP contribution in [-0.4, -0.2) is 37.1 Å². The Balaban J connectivity index is 1.35. The van der Waals surface area contributed by atoms with E-state index in [-0.39, 0.29) is 17.9 Å². The summed E-state index contributed by atoms with van der Waals surface area (Å²) in [5.74, 6) is -0.963. The van der Waals surface area contributed by atoms with Gasteiger partial charge in [-0.05, 0) is 114 Å². The van der Waals surface area contributed by atoms with Gasteiger partial charge in [0.05, 0.1) is 11.7 Å². The third-order valence-corrected chi connectivity index (χ3v) is 10.5. The first-order chi connectivity index (χ1) is 23.7. The number of aryl methyl sites for hydroxylation is 2. The van der Waals surface area contributed by atoms with Crippen LogP contribution in [0.25, 0.3) is 16.7 Å². The van der Waals surface area contributed by atoms with Crippen molar-refractivity contribution in [3.63, 3.8) is 0 Å². The van der Waals surface area contributed by atoms with Gasteiger partial charge in [0, 0.05) is 17.8 Å². The molecule has 2 atom stereocenters. The van der Waals surface area contributed by atoms with Crippen molar-refractivity contribution < 1.29 is 22.6 Å². The number of anilines is 1. The molecule has 0 heterocycles. The largest absolute Gasteiger partial charge is 0.351 e. The van der Waals surface area contributed by atoms with Crippen molar-refractivity contribution >= 4 is 33.2 Å². The van der Waals surface area contributed by atoms with E-state index < -0.39 is 27.7 Å². The minimum Gasteiger partial charge on any atom is -0.351 e. The van der Waals surface area contributed by atoms with E-state index in [1.165, 1.54) is 28.7 Å². The lowest BCUT2D eigenvalue weighted by atomic mass is 9.72. The van der Waals surface area contributed by atoms with Crippen molar-refractivity contribution in [2.45, 2.75) is 66.2 Å². The summed E-state index contributed by atoms with van der Waals surface area (Å²) in [6.07, 6.45) is 6.06. The van der Waals surface area contributed by atoms with E-state index in [0.717, 1.165) is 35.1 Å². The van der Waals surface area contributed by atoms with Crippen LogP contribution in [0.2, 0.25) is 0 Å². The van der Waals surface area contributed by atoms with E-state index in [1.54, 1.807) is 12.1 Å². The molecule has 0 aromatic heterocycles. The molecule has 1 aliphatic carbocycles. The van der Waals surface area contributed by atoms with Crippen LogP contribution < -0.4 is 10.6 Å². The highest BCUT2D eigenvalue weighted by molar-refractivity contribution is 7.85. The summed E-state index contributed by atoms with van der Waals surface area (Å²) in [6.45, 7) is 10.9. The summed E-state index contributed by atoms with van der Waals surface area (Å²) in [6, 6.07) is 29.6. The van der Waals surface area contributed by atoms with Gasteiger partial charge in [0.2, 0.25) is 5.91 Å². The monoisotopic (exact) mass is 692 g/mol. The Morgan fingerprint density at radius 1 is 0.880 bits per heavy atom. The molecule has 4 aromatic rings. The molecule has 7 nitrogen and oxygen atoms in total. The Hall–Kier alpha value is -4.53. The normalized spacial score (nSPS) is 15.6. The zero-order valence-corrected chi connectivity index (χ0v) is 30.4. The number of carbonyl (C=O) groups excluding carboxylic acids is 2. The Bertz CT molecular complexity index is 1960. The van der Waals surface area contributed by atoms with Crippen molar-refractivity contribution in [2.75, 3.05) is 17.6 Å². The Labute approximate surface area is 297 Å². The van der Waals surface area contributed by atoms with Crippen molar-refractivity contribution in [1.29, 1.82) is 0 Å². The highest BCUT2D eigenvalue weighted by Gasteiger charge is 2.27. The van der Waals surface area contributed by atoms with Gasteiger partial charge in [-0.25, -0.2) is 0 Å². The van der Waals surface area contributed by atoms with E-state index in [4.69, 9.17) is 4.55 Å². The molecule has 50 heavy (non-hydrogen) atoms. The minimum absolute atomic E-state index is 0.131. The maximum Gasteiger partial charge on any atom is 0.266 e. The van der Waals surface area contributed by atoms with Gasteiger partial charge in [0.15, 0.2) is 0 Å². The van der Waals surface area contributed by atoms with Crippen LogP contribution in [0.5, 0.6) is 0 Å². The molecule has 0 spiro atoms. The third kappa shape index (κ3) is 9.79. The zero-order chi connectivity index (χ0) is 36.1. The molecule has 0 saturated heterocycles. The van der Waals surface area contributed by atoms with Crippen molar-refractivity contribution in [1.82, 2.24) is 5.32 Å². The molecule has 0 unspecified atom stereocenters. The number of benzene rings is 4. The lowest BCUT2D eigenvalue weighted by Gasteiger charge is -2.33. The maximum absolute atomic E-state index is 14.0. The van der Waals surface area contributed by atoms with Crippen LogP contribution in [0.4, 0.5) is 5.69 Å². The van der Waals surface area contributed by atoms with E-state index in [9.17, 15) is 18.0 Å². The van der Waals surface area contributed by atoms with Crippen LogP contribution >= 0.6 is 0 Å². The second-order valence-electron chi connectivity index (χ2n) is 14.6. The zero-order valence-electron chi connectivity index (χ0n) is 29.6. The Morgan fingerprint density at radius 2 is 1.54 bits per heavy atom. The summed E-state index contributed by atoms with van der Waals surface area (Å²) < 4.78 is 30.9. The molecule has 2 amide bonds. The maximum atomic E-state index is 14.0. The van der Waals surface area contributed by atoms with E-state index in [1.807, 2.05) is 36.4 Å². The molecule has 8 heteroatoms. The minimum atomic E-state index is -4.17. The van der Waals surface area contributed by atoms with Crippen molar-refractivity contribution in [3.8, 4) is 11.1 Å². The molecule has 0 aliphatic heterocycles. The number of amides is 2. The molecular formula is C42H48N2O5S. The fourth-order valence-electron chi connectivity index (χ4n) is 6.70. The van der Waals surface area contributed by atoms with Gasteiger partial charge in [-0.15, -0.1) is 0 Å². The third-order valence-electron chi connectivity index (χ3n) is 9.78. The number of rotatable bonds is 11. The second kappa shape index (κ2) is 15.6. The molecule has 0 radical (unpaired) electrons. The summed E-state index contributed by atoms with van der Waals surface area (Å²) in [4.78, 5) is 26.5. The highest BCUT2D eigenvalue weighted by Crippen LogP contribution is 2.40. The number of carbonyl (C=O) groups is 2. The van der Waals surface area contributed by atoms with Crippen molar-refractivity contribution in [3.05, 3.63) is 130 Å². The molecule has 3 N–H and O–H groups in total. The molecule has 0 bridgehead atoms. The van der Waals surface area contributed by atoms with Crippen molar-refractivity contribution in [2.24, 2.45) is 11.3 Å². The molecule has 0 saturated carbocycles. The predicted molar refractivity (Wildman–Crippen MR) is 203 cm³/mol. The summed E-state index contributed by atoms with van der Waals surface area (Å²) in [7, 11) is -4.17. The smallest absolute Gasteiger partial charge is 0.266 e. The van der Waals surface area contributed by atoms with Crippen LogP contribution in [0.1, 0.15) is 84.1 Å². The molecule has 262 valence electrons. The standard InChI is InChI=1S/C42H48N2O5S/c1-28-6-23-38(29(2)26-28)33-17-21-37(22-18-33)44-41(46)39(27-30-7-9-35(10-8-30)40(45)43-24-25-50(47,48)49)34-13-11-31(12-14-34)32-15-19-36(20-16-32)42(3,4)5/h6-15,17-18,21-23,26,36,39H,16,19-20,24-25,27H2,1-5H3,(H,43,45)(H,44,46)(H,47,48,49)/t36-,39+/m0/s1. The summed E-state index contributed by atoms with van der Waals surface area (Å²) in [5, 5.41) is 5.64. The SMILES string of the molecule is Cc1ccc(-c2ccc(NC(=O)[C@H](Cc3ccc(C(=O)NCCS(=O)(=O)O)cc3)c3ccc(C4=CC[C@H](C(C)(C)C)CC4)cc3)cc2)c(C)c1. The van der Waals surface area contributed by atoms with Crippen LogP contribution in [-0.2, 0) is 21.3 Å². The fourth-order valence-corrected chi connectivity index (χ4v) is 7.06. The van der Waals surface area contributed by atoms with Crippen LogP contribution in [0.3, 0.4) is 0 Å². The van der Waals surface area contributed by atoms with E-state index in [2.05, 4.69) is 93.8 Å². The lowest BCUT2D eigenvalue weighted by Crippen LogP contribution is -2.28. The summed E-state index contributed by atoms with van der Waals surface area (Å²) >= 11 is 0. The van der Waals surface area contributed by atoms with Gasteiger partial charge in [0.1, 0.15) is 0 Å².